The Labute approximate surface area is 92.8 Å². The Balaban J connectivity index is 2.59. The number of thiol groups is 1. The number of aromatic hydroxyl groups is 1. The van der Waals surface area contributed by atoms with Gasteiger partial charge < -0.3 is 5.11 Å². The average molecular weight is 243 g/mol. The summed E-state index contributed by atoms with van der Waals surface area (Å²) in [4.78, 5) is 12.2. The third-order valence-corrected chi connectivity index (χ3v) is 3.42. The van der Waals surface area contributed by atoms with Crippen molar-refractivity contribution in [3.63, 3.8) is 0 Å². The molecule has 0 aromatic carbocycles. The van der Waals surface area contributed by atoms with Gasteiger partial charge in [-0.25, -0.2) is 9.97 Å². The molecule has 0 bridgehead atoms. The average Bonchev–Trinajstić information content (AvgIpc) is 2.19. The van der Waals surface area contributed by atoms with E-state index in [4.69, 9.17) is 0 Å². The highest BCUT2D eigenvalue weighted by Gasteiger charge is 2.07. The number of hydrogen-bond acceptors (Lipinski definition) is 7. The van der Waals surface area contributed by atoms with Crippen molar-refractivity contribution in [3.05, 3.63) is 18.5 Å². The van der Waals surface area contributed by atoms with E-state index in [1.165, 1.54) is 20.6 Å². The second-order valence-corrected chi connectivity index (χ2v) is 5.36. The van der Waals surface area contributed by atoms with E-state index in [1.807, 2.05) is 0 Å². The minimum Gasteiger partial charge on any atom is -0.505 e. The van der Waals surface area contributed by atoms with Gasteiger partial charge in [0.05, 0.1) is 0 Å². The number of nitrogens with zero attached hydrogens (tertiary/aromatic N) is 3. The summed E-state index contributed by atoms with van der Waals surface area (Å²) in [5.41, 5.74) is 1.11. The first-order valence-corrected chi connectivity index (χ1v) is 6.80. The van der Waals surface area contributed by atoms with Crippen molar-refractivity contribution in [3.8, 4) is 5.75 Å². The van der Waals surface area contributed by atoms with Crippen molar-refractivity contribution in [1.82, 2.24) is 15.0 Å². The molecular formula is C7H5N3OS3. The quantitative estimate of drug-likeness (QED) is 0.623. The number of hydrogen-bond donors (Lipinski definition) is 2. The number of fused-ring (bicyclic) bond motifs is 1. The summed E-state index contributed by atoms with van der Waals surface area (Å²) in [6, 6.07) is 1.54. The molecule has 72 valence electrons. The minimum atomic E-state index is 0.101. The molecule has 2 rings (SSSR count). The van der Waals surface area contributed by atoms with E-state index in [1.54, 1.807) is 18.5 Å². The van der Waals surface area contributed by atoms with E-state index in [9.17, 15) is 5.11 Å². The van der Waals surface area contributed by atoms with Crippen molar-refractivity contribution >= 4 is 43.4 Å². The fraction of sp³-hybridized carbons (Fsp3) is 0. The van der Waals surface area contributed by atoms with Crippen LogP contribution < -0.4 is 0 Å². The molecule has 0 radical (unpaired) electrons. The van der Waals surface area contributed by atoms with Crippen molar-refractivity contribution in [1.29, 1.82) is 0 Å². The zero-order chi connectivity index (χ0) is 9.97. The van der Waals surface area contributed by atoms with Gasteiger partial charge in [-0.15, -0.1) is 0 Å². The van der Waals surface area contributed by atoms with Crippen LogP contribution in [0.3, 0.4) is 0 Å². The van der Waals surface area contributed by atoms with Crippen LogP contribution in [0.5, 0.6) is 5.75 Å². The zero-order valence-electron chi connectivity index (χ0n) is 6.78. The van der Waals surface area contributed by atoms with E-state index in [0.29, 0.717) is 16.2 Å². The summed E-state index contributed by atoms with van der Waals surface area (Å²) in [5, 5.41) is 10.0. The van der Waals surface area contributed by atoms with Crippen molar-refractivity contribution in [2.75, 3.05) is 0 Å². The van der Waals surface area contributed by atoms with Crippen LogP contribution in [-0.2, 0) is 0 Å². The second-order valence-electron chi connectivity index (χ2n) is 2.37. The molecule has 0 amide bonds. The van der Waals surface area contributed by atoms with Crippen LogP contribution in [0.4, 0.5) is 0 Å². The van der Waals surface area contributed by atoms with Gasteiger partial charge in [-0.05, 0) is 20.6 Å². The second kappa shape index (κ2) is 4.24. The summed E-state index contributed by atoms with van der Waals surface area (Å²) >= 11 is 3.97. The Kier molecular flexibility index (Phi) is 2.99. The van der Waals surface area contributed by atoms with Crippen molar-refractivity contribution in [2.45, 2.75) is 5.03 Å². The summed E-state index contributed by atoms with van der Waals surface area (Å²) in [7, 11) is 2.49. The van der Waals surface area contributed by atoms with E-state index < -0.39 is 0 Å². The molecule has 0 fully saturated rings. The molecule has 0 aliphatic carbocycles. The highest BCUT2D eigenvalue weighted by Crippen LogP contribution is 2.38. The van der Waals surface area contributed by atoms with Gasteiger partial charge >= 0.3 is 0 Å². The highest BCUT2D eigenvalue weighted by atomic mass is 33.5. The molecule has 0 spiro atoms. The molecule has 2 aromatic rings. The Morgan fingerprint density at radius 2 is 2.07 bits per heavy atom. The first kappa shape index (κ1) is 9.88. The van der Waals surface area contributed by atoms with Crippen molar-refractivity contribution in [2.24, 2.45) is 0 Å². The molecule has 0 saturated heterocycles. The third-order valence-electron chi connectivity index (χ3n) is 1.52. The number of rotatable bonds is 2. The van der Waals surface area contributed by atoms with Crippen LogP contribution in [0.1, 0.15) is 0 Å². The van der Waals surface area contributed by atoms with Gasteiger partial charge in [0.1, 0.15) is 5.52 Å². The lowest BCUT2D eigenvalue weighted by atomic mass is 10.4. The van der Waals surface area contributed by atoms with Gasteiger partial charge in [0.15, 0.2) is 16.4 Å². The predicted molar refractivity (Wildman–Crippen MR) is 61.4 cm³/mol. The van der Waals surface area contributed by atoms with Crippen LogP contribution in [0.25, 0.3) is 11.2 Å². The van der Waals surface area contributed by atoms with Gasteiger partial charge in [0.25, 0.3) is 0 Å². The monoisotopic (exact) mass is 243 g/mol. The summed E-state index contributed by atoms with van der Waals surface area (Å²) in [6.45, 7) is 0. The lowest BCUT2D eigenvalue weighted by molar-refractivity contribution is 0.458. The SMILES string of the molecule is Oc1cc2nccnc2nc1SSS. The first-order chi connectivity index (χ1) is 6.81. The Morgan fingerprint density at radius 3 is 2.86 bits per heavy atom. The van der Waals surface area contributed by atoms with Crippen molar-refractivity contribution < 1.29 is 5.11 Å². The Hall–Kier alpha value is -0.660. The van der Waals surface area contributed by atoms with E-state index in [0.717, 1.165) is 0 Å². The number of pyridine rings is 1. The summed E-state index contributed by atoms with van der Waals surface area (Å²) in [6.07, 6.45) is 3.12. The lowest BCUT2D eigenvalue weighted by Crippen LogP contribution is -1.88. The normalized spacial score (nSPS) is 10.6. The molecule has 0 saturated carbocycles. The van der Waals surface area contributed by atoms with Crippen LogP contribution in [-0.4, -0.2) is 20.1 Å². The Morgan fingerprint density at radius 1 is 1.29 bits per heavy atom. The van der Waals surface area contributed by atoms with E-state index in [2.05, 4.69) is 26.6 Å². The van der Waals surface area contributed by atoms with Gasteiger partial charge in [0.2, 0.25) is 0 Å². The van der Waals surface area contributed by atoms with Crippen LogP contribution in [0, 0.1) is 0 Å². The molecule has 0 aliphatic heterocycles. The molecule has 0 aliphatic rings. The Bertz CT molecular complexity index is 465. The molecule has 4 nitrogen and oxygen atoms in total. The van der Waals surface area contributed by atoms with Gasteiger partial charge in [-0.3, -0.25) is 4.98 Å². The number of aromatic nitrogens is 3. The lowest BCUT2D eigenvalue weighted by Gasteiger charge is -2.01. The van der Waals surface area contributed by atoms with E-state index >= 15 is 0 Å². The molecular weight excluding hydrogens is 238 g/mol. The molecule has 2 aromatic heterocycles. The van der Waals surface area contributed by atoms with Crippen LogP contribution in [0.15, 0.2) is 23.5 Å². The summed E-state index contributed by atoms with van der Waals surface area (Å²) < 4.78 is 0. The first-order valence-electron chi connectivity index (χ1n) is 3.60. The van der Waals surface area contributed by atoms with Gasteiger partial charge in [-0.2, -0.15) is 0 Å². The largest absolute Gasteiger partial charge is 0.505 e. The highest BCUT2D eigenvalue weighted by molar-refractivity contribution is 9.05. The maximum Gasteiger partial charge on any atom is 0.179 e. The minimum absolute atomic E-state index is 0.101. The maximum absolute atomic E-state index is 9.54. The van der Waals surface area contributed by atoms with Crippen LogP contribution >= 0.6 is 32.3 Å². The zero-order valence-corrected chi connectivity index (χ0v) is 9.31. The molecule has 0 atom stereocenters. The summed E-state index contributed by atoms with van der Waals surface area (Å²) in [5.74, 6) is 0.101. The molecule has 1 N–H and O–H groups in total. The maximum atomic E-state index is 9.54. The smallest absolute Gasteiger partial charge is 0.179 e. The van der Waals surface area contributed by atoms with Crippen LogP contribution in [0.2, 0.25) is 0 Å². The van der Waals surface area contributed by atoms with E-state index in [-0.39, 0.29) is 5.75 Å². The fourth-order valence-electron chi connectivity index (χ4n) is 0.971. The van der Waals surface area contributed by atoms with Gasteiger partial charge in [0, 0.05) is 18.5 Å². The standard InChI is InChI=1S/C7H5N3OS3/c11-5-3-4-6(9-2-1-8-4)10-7(5)13-14-12/h1-3,11-12H. The topological polar surface area (TPSA) is 58.9 Å². The third kappa shape index (κ3) is 1.89. The predicted octanol–water partition coefficient (Wildman–Crippen LogP) is 2.32. The molecule has 7 heteroatoms. The fourth-order valence-corrected chi connectivity index (χ4v) is 2.52. The molecule has 0 unspecified atom stereocenters. The molecule has 14 heavy (non-hydrogen) atoms. The molecule has 2 heterocycles. The van der Waals surface area contributed by atoms with Gasteiger partial charge in [-0.1, -0.05) is 11.7 Å².